The molecule has 6 heteroatoms. The lowest BCUT2D eigenvalue weighted by molar-refractivity contribution is -0.130. The number of fused-ring (bicyclic) bond motifs is 1. The fraction of sp³-hybridized carbons (Fsp3) is 0.938. The van der Waals surface area contributed by atoms with Gasteiger partial charge in [-0.25, -0.2) is 12.7 Å². The van der Waals surface area contributed by atoms with Crippen LogP contribution in [0.15, 0.2) is 0 Å². The van der Waals surface area contributed by atoms with Crippen LogP contribution >= 0.6 is 0 Å². The van der Waals surface area contributed by atoms with Crippen molar-refractivity contribution in [2.45, 2.75) is 65.5 Å². The number of hydrogen-bond acceptors (Lipinski definition) is 4. The van der Waals surface area contributed by atoms with E-state index < -0.39 is 16.1 Å². The molecule has 3 aliphatic rings. The second-order valence-corrected chi connectivity index (χ2v) is 10.3. The third-order valence-electron chi connectivity index (χ3n) is 6.67. The standard InChI is InChI=1S/C16H28N2O3S/c1-10(2)7-12(17)14(19)18-13-8-11-5-6-16(13,15(11,3)4)9-22(18,20)21/h10-13H,5-9,17H2,1-4H3/t11-,12-,13-,16-/m0/s1/i17+1. The topological polar surface area (TPSA) is 80.5 Å². The van der Waals surface area contributed by atoms with Gasteiger partial charge in [-0.3, -0.25) is 4.79 Å². The number of sulfonamides is 1. The second-order valence-electron chi connectivity index (χ2n) is 8.49. The van der Waals surface area contributed by atoms with Crippen LogP contribution in [0.1, 0.15) is 53.4 Å². The quantitative estimate of drug-likeness (QED) is 0.800. The highest BCUT2D eigenvalue weighted by molar-refractivity contribution is 7.90. The molecule has 1 amide bonds. The van der Waals surface area contributed by atoms with Gasteiger partial charge in [0.2, 0.25) is 10.0 Å². The van der Waals surface area contributed by atoms with Crippen LogP contribution in [-0.2, 0) is 14.8 Å². The molecular formula is C16H28N2O3S. The van der Waals surface area contributed by atoms with Gasteiger partial charge in [0, 0.05) is 5.41 Å². The van der Waals surface area contributed by atoms with Crippen molar-refractivity contribution in [2.75, 3.05) is 5.75 Å². The molecule has 0 radical (unpaired) electrons. The van der Waals surface area contributed by atoms with Crippen LogP contribution in [0.5, 0.6) is 0 Å². The molecule has 1 heterocycles. The van der Waals surface area contributed by atoms with E-state index in [1.807, 2.05) is 13.8 Å². The number of carbonyl (C=O) groups excluding carboxylic acids is 1. The lowest BCUT2D eigenvalue weighted by Gasteiger charge is -2.37. The summed E-state index contributed by atoms with van der Waals surface area (Å²) in [4.78, 5) is 12.7. The highest BCUT2D eigenvalue weighted by atomic mass is 32.2. The predicted molar refractivity (Wildman–Crippen MR) is 85.4 cm³/mol. The molecule has 0 aromatic rings. The average Bonchev–Trinajstić information content (AvgIpc) is 2.83. The Bertz CT molecular complexity index is 599. The van der Waals surface area contributed by atoms with E-state index in [0.717, 1.165) is 19.3 Å². The number of nitrogens with zero attached hydrogens (tertiary/aromatic N) is 1. The minimum atomic E-state index is -3.54. The Morgan fingerprint density at radius 1 is 1.36 bits per heavy atom. The highest BCUT2D eigenvalue weighted by Gasteiger charge is 2.72. The smallest absolute Gasteiger partial charge is 0.253 e. The van der Waals surface area contributed by atoms with Crippen molar-refractivity contribution in [1.29, 1.82) is 0 Å². The van der Waals surface area contributed by atoms with Crippen LogP contribution in [0.4, 0.5) is 0 Å². The largest absolute Gasteiger partial charge is 0.320 e. The van der Waals surface area contributed by atoms with Gasteiger partial charge in [-0.1, -0.05) is 27.7 Å². The Morgan fingerprint density at radius 2 is 2.00 bits per heavy atom. The molecule has 2 N–H and O–H groups in total. The van der Waals surface area contributed by atoms with Gasteiger partial charge >= 0.3 is 0 Å². The maximum Gasteiger partial charge on any atom is 0.253 e. The summed E-state index contributed by atoms with van der Waals surface area (Å²) in [7, 11) is -3.54. The molecule has 1 saturated heterocycles. The number of nitrogens with two attached hydrogens (primary N) is 1. The zero-order valence-corrected chi connectivity index (χ0v) is 14.8. The minimum absolute atomic E-state index is 0.0120. The van der Waals surface area contributed by atoms with Crippen LogP contribution in [0.2, 0.25) is 0 Å². The van der Waals surface area contributed by atoms with E-state index in [2.05, 4.69) is 13.8 Å². The van der Waals surface area contributed by atoms with Gasteiger partial charge in [0.05, 0.1) is 17.8 Å². The molecule has 0 unspecified atom stereocenters. The first-order valence-corrected chi connectivity index (χ1v) is 9.95. The molecular weight excluding hydrogens is 301 g/mol. The third kappa shape index (κ3) is 1.92. The normalized spacial score (nSPS) is 39.3. The minimum Gasteiger partial charge on any atom is -0.320 e. The summed E-state index contributed by atoms with van der Waals surface area (Å²) in [5.74, 6) is 0.520. The number of hydrogen-bond donors (Lipinski definition) is 1. The Labute approximate surface area is 133 Å². The van der Waals surface area contributed by atoms with E-state index in [0.29, 0.717) is 12.3 Å². The zero-order chi connectivity index (χ0) is 16.5. The predicted octanol–water partition coefficient (Wildman–Crippen LogP) is 1.73. The first kappa shape index (κ1) is 16.2. The SMILES string of the molecule is CC(C)C[C@H]([15NH2])C(=O)N1[C@H]2C[C@@H]3CC[C@@]2(CS1(=O)=O)C3(C)C. The van der Waals surface area contributed by atoms with Crippen LogP contribution in [0, 0.1) is 22.7 Å². The number of carbonyl (C=O) groups is 1. The Morgan fingerprint density at radius 3 is 2.55 bits per heavy atom. The van der Waals surface area contributed by atoms with Crippen LogP contribution in [0.3, 0.4) is 0 Å². The highest BCUT2D eigenvalue weighted by Crippen LogP contribution is 2.69. The molecule has 22 heavy (non-hydrogen) atoms. The molecule has 126 valence electrons. The van der Waals surface area contributed by atoms with Gasteiger partial charge < -0.3 is 5.73 Å². The van der Waals surface area contributed by atoms with Crippen molar-refractivity contribution in [3.8, 4) is 0 Å². The summed E-state index contributed by atoms with van der Waals surface area (Å²) < 4.78 is 26.6. The van der Waals surface area contributed by atoms with Gasteiger partial charge in [-0.05, 0) is 42.9 Å². The fourth-order valence-electron chi connectivity index (χ4n) is 5.35. The Balaban J connectivity index is 1.95. The number of rotatable bonds is 3. The van der Waals surface area contributed by atoms with E-state index in [4.69, 9.17) is 5.73 Å². The van der Waals surface area contributed by atoms with Crippen molar-refractivity contribution in [1.82, 2.24) is 4.31 Å². The molecule has 4 atom stereocenters. The summed E-state index contributed by atoms with van der Waals surface area (Å²) >= 11 is 0. The molecule has 1 aliphatic heterocycles. The first-order valence-electron chi connectivity index (χ1n) is 8.34. The van der Waals surface area contributed by atoms with Gasteiger partial charge in [0.15, 0.2) is 0 Å². The van der Waals surface area contributed by atoms with Crippen molar-refractivity contribution in [2.24, 2.45) is 28.4 Å². The lowest BCUT2D eigenvalue weighted by Crippen LogP contribution is -2.50. The van der Waals surface area contributed by atoms with E-state index >= 15 is 0 Å². The Hall–Kier alpha value is -0.620. The van der Waals surface area contributed by atoms with Crippen molar-refractivity contribution >= 4 is 15.9 Å². The molecule has 2 saturated carbocycles. The molecule has 2 aliphatic carbocycles. The van der Waals surface area contributed by atoms with E-state index in [1.165, 1.54) is 4.31 Å². The molecule has 0 aromatic carbocycles. The van der Waals surface area contributed by atoms with Crippen molar-refractivity contribution in [3.05, 3.63) is 0 Å². The maximum atomic E-state index is 12.7. The third-order valence-corrected chi connectivity index (χ3v) is 8.58. The summed E-state index contributed by atoms with van der Waals surface area (Å²) in [6.07, 6.45) is 3.33. The average molecular weight is 329 g/mol. The van der Waals surface area contributed by atoms with Crippen LogP contribution in [-0.4, -0.2) is 36.5 Å². The van der Waals surface area contributed by atoms with E-state index in [9.17, 15) is 13.2 Å². The summed E-state index contributed by atoms with van der Waals surface area (Å²) in [5, 5.41) is 0. The Kier molecular flexibility index (Phi) is 3.47. The fourth-order valence-corrected chi connectivity index (χ4v) is 7.94. The molecule has 3 rings (SSSR count). The van der Waals surface area contributed by atoms with Gasteiger partial charge in [0.25, 0.3) is 5.91 Å². The molecule has 1 spiro atoms. The van der Waals surface area contributed by atoms with Crippen molar-refractivity contribution < 1.29 is 13.2 Å². The first-order chi connectivity index (χ1) is 10.0. The monoisotopic (exact) mass is 329 g/mol. The van der Waals surface area contributed by atoms with Gasteiger partial charge in [-0.15, -0.1) is 0 Å². The molecule has 5 nitrogen and oxygen atoms in total. The number of amides is 1. The summed E-state index contributed by atoms with van der Waals surface area (Å²) in [6.45, 7) is 8.35. The zero-order valence-electron chi connectivity index (χ0n) is 14.0. The summed E-state index contributed by atoms with van der Waals surface area (Å²) in [5.41, 5.74) is 5.74. The molecule has 0 aromatic heterocycles. The second kappa shape index (κ2) is 4.69. The molecule has 3 fully saturated rings. The lowest BCUT2D eigenvalue weighted by atomic mass is 9.69. The van der Waals surface area contributed by atoms with Crippen molar-refractivity contribution in [3.63, 3.8) is 0 Å². The maximum absolute atomic E-state index is 12.7. The van der Waals surface area contributed by atoms with Gasteiger partial charge in [-0.2, -0.15) is 0 Å². The van der Waals surface area contributed by atoms with Gasteiger partial charge in [0.1, 0.15) is 0 Å². The van der Waals surface area contributed by atoms with E-state index in [1.54, 1.807) is 0 Å². The van der Waals surface area contributed by atoms with Crippen LogP contribution < -0.4 is 5.73 Å². The van der Waals surface area contributed by atoms with Crippen LogP contribution in [0.25, 0.3) is 0 Å². The van der Waals surface area contributed by atoms with E-state index in [-0.39, 0.29) is 34.4 Å². The molecule has 2 bridgehead atoms. The summed E-state index contributed by atoms with van der Waals surface area (Å²) in [6, 6.07) is -0.885.